The van der Waals surface area contributed by atoms with E-state index in [2.05, 4.69) is 34.5 Å². The molecule has 1 aliphatic carbocycles. The molecule has 156 valence electrons. The van der Waals surface area contributed by atoms with Gasteiger partial charge in [0.05, 0.1) is 23.4 Å². The molecule has 0 aromatic rings. The van der Waals surface area contributed by atoms with Gasteiger partial charge in [0.15, 0.2) is 0 Å². The van der Waals surface area contributed by atoms with Crippen molar-refractivity contribution in [2.45, 2.75) is 81.7 Å². The number of sulfonamides is 1. The minimum atomic E-state index is -3.59. The monoisotopic (exact) mass is 422 g/mol. The van der Waals surface area contributed by atoms with Crippen molar-refractivity contribution < 1.29 is 17.9 Å². The lowest BCUT2D eigenvalue weighted by Crippen LogP contribution is -2.65. The van der Waals surface area contributed by atoms with E-state index in [1.54, 1.807) is 0 Å². The van der Waals surface area contributed by atoms with Gasteiger partial charge in [-0.2, -0.15) is 4.72 Å². The molecule has 4 bridgehead atoms. The number of carbonyl (C=O) groups excluding carboxylic acids is 1. The minimum Gasteiger partial charge on any atom is -0.361 e. The Labute approximate surface area is 166 Å². The predicted molar refractivity (Wildman–Crippen MR) is 103 cm³/mol. The quantitative estimate of drug-likeness (QED) is 0.387. The highest BCUT2D eigenvalue weighted by Crippen LogP contribution is 2.29. The van der Waals surface area contributed by atoms with Crippen LogP contribution in [0.5, 0.6) is 0 Å². The van der Waals surface area contributed by atoms with E-state index in [9.17, 15) is 13.2 Å². The summed E-state index contributed by atoms with van der Waals surface area (Å²) in [5.74, 6) is 0.0646. The van der Waals surface area contributed by atoms with Gasteiger partial charge in [0, 0.05) is 12.3 Å². The Morgan fingerprint density at radius 3 is 2.74 bits per heavy atom. The third-order valence-corrected chi connectivity index (χ3v) is 7.61. The molecule has 2 saturated heterocycles. The molecular formula is C17H31ClN4O4S. The van der Waals surface area contributed by atoms with E-state index >= 15 is 0 Å². The van der Waals surface area contributed by atoms with Crippen LogP contribution in [-0.4, -0.2) is 50.2 Å². The second kappa shape index (κ2) is 8.92. The zero-order valence-corrected chi connectivity index (χ0v) is 17.5. The van der Waals surface area contributed by atoms with Crippen LogP contribution in [0.1, 0.15) is 52.4 Å². The van der Waals surface area contributed by atoms with Crippen LogP contribution in [0.3, 0.4) is 0 Å². The number of hydrogen-bond acceptors (Lipinski definition) is 6. The van der Waals surface area contributed by atoms with Crippen molar-refractivity contribution in [1.29, 1.82) is 0 Å². The topological polar surface area (TPSA) is 109 Å². The van der Waals surface area contributed by atoms with Crippen LogP contribution in [0.15, 0.2) is 0 Å². The SMILES string of the molecule is CC(C)C[C@@H]1COC2CC(Cl)NC(N2)NS(=O)(=O)C2CCCC(C2)C(=O)N1. The first-order valence-corrected chi connectivity index (χ1v) is 11.8. The average Bonchev–Trinajstić information content (AvgIpc) is 2.58. The number of ether oxygens (including phenoxy) is 1. The lowest BCUT2D eigenvalue weighted by atomic mass is 9.88. The largest absolute Gasteiger partial charge is 0.361 e. The molecule has 8 nitrogen and oxygen atoms in total. The average molecular weight is 423 g/mol. The van der Waals surface area contributed by atoms with Crippen molar-refractivity contribution in [3.63, 3.8) is 0 Å². The summed E-state index contributed by atoms with van der Waals surface area (Å²) in [5.41, 5.74) is -0.411. The number of alkyl halides is 1. The molecule has 1 saturated carbocycles. The first-order chi connectivity index (χ1) is 12.7. The number of fused-ring (bicyclic) bond motifs is 4. The lowest BCUT2D eigenvalue weighted by Gasteiger charge is -2.36. The van der Waals surface area contributed by atoms with E-state index in [4.69, 9.17) is 16.3 Å². The molecule has 3 fully saturated rings. The Bertz CT molecular complexity index is 632. The second-order valence-electron chi connectivity index (χ2n) is 8.28. The molecule has 3 rings (SSSR count). The van der Waals surface area contributed by atoms with E-state index in [0.29, 0.717) is 31.8 Å². The molecule has 10 heteroatoms. The van der Waals surface area contributed by atoms with Crippen LogP contribution >= 0.6 is 11.6 Å². The van der Waals surface area contributed by atoms with Gasteiger partial charge in [-0.25, -0.2) is 8.42 Å². The van der Waals surface area contributed by atoms with Gasteiger partial charge in [-0.3, -0.25) is 15.4 Å². The number of nitrogens with one attached hydrogen (secondary N) is 4. The summed E-state index contributed by atoms with van der Waals surface area (Å²) in [7, 11) is -3.59. The standard InChI is InChI=1S/C17H31ClN4O4S/c1-10(2)6-12-9-26-15-8-14(18)20-17(21-15)22-27(24,25)13-5-3-4-11(7-13)16(23)19-12/h10-15,17,20-22H,3-9H2,1-2H3,(H,19,23)/t11?,12-,13?,14?,15?,17?/m1/s1. The molecule has 2 heterocycles. The van der Waals surface area contributed by atoms with Crippen molar-refractivity contribution in [3.8, 4) is 0 Å². The third kappa shape index (κ3) is 5.77. The van der Waals surface area contributed by atoms with Crippen molar-refractivity contribution in [3.05, 3.63) is 0 Å². The van der Waals surface area contributed by atoms with E-state index in [-0.39, 0.29) is 17.9 Å². The Morgan fingerprint density at radius 2 is 2.00 bits per heavy atom. The molecule has 5 unspecified atom stereocenters. The van der Waals surface area contributed by atoms with E-state index in [1.807, 2.05) is 0 Å². The summed E-state index contributed by atoms with van der Waals surface area (Å²) in [4.78, 5) is 12.8. The highest BCUT2D eigenvalue weighted by atomic mass is 35.5. The third-order valence-electron chi connectivity index (χ3n) is 5.44. The molecule has 1 amide bonds. The number of hydrogen-bond donors (Lipinski definition) is 4. The van der Waals surface area contributed by atoms with Gasteiger partial charge in [0.1, 0.15) is 12.5 Å². The van der Waals surface area contributed by atoms with Crippen LogP contribution in [0.2, 0.25) is 0 Å². The number of amides is 1. The maximum Gasteiger partial charge on any atom is 0.223 e. The molecule has 0 radical (unpaired) electrons. The van der Waals surface area contributed by atoms with Gasteiger partial charge in [0.2, 0.25) is 15.9 Å². The summed E-state index contributed by atoms with van der Waals surface area (Å²) in [6.45, 7) is 4.57. The Hall–Kier alpha value is -0.450. The van der Waals surface area contributed by atoms with Crippen molar-refractivity contribution in [1.82, 2.24) is 20.7 Å². The fraction of sp³-hybridized carbons (Fsp3) is 0.941. The van der Waals surface area contributed by atoms with E-state index < -0.39 is 33.3 Å². The zero-order chi connectivity index (χ0) is 19.6. The zero-order valence-electron chi connectivity index (χ0n) is 15.9. The molecule has 4 N–H and O–H groups in total. The van der Waals surface area contributed by atoms with E-state index in [0.717, 1.165) is 19.3 Å². The fourth-order valence-corrected chi connectivity index (χ4v) is 6.05. The van der Waals surface area contributed by atoms with Crippen LogP contribution < -0.4 is 20.7 Å². The van der Waals surface area contributed by atoms with Gasteiger partial charge >= 0.3 is 0 Å². The molecule has 27 heavy (non-hydrogen) atoms. The van der Waals surface area contributed by atoms with E-state index in [1.165, 1.54) is 0 Å². The highest BCUT2D eigenvalue weighted by Gasteiger charge is 2.38. The number of rotatable bonds is 2. The smallest absolute Gasteiger partial charge is 0.223 e. The summed E-state index contributed by atoms with van der Waals surface area (Å²) in [5, 5.41) is 8.63. The van der Waals surface area contributed by atoms with Crippen LogP contribution in [0.4, 0.5) is 0 Å². The van der Waals surface area contributed by atoms with Crippen molar-refractivity contribution in [2.24, 2.45) is 11.8 Å². The minimum absolute atomic E-state index is 0.0623. The molecule has 0 spiro atoms. The Morgan fingerprint density at radius 1 is 1.22 bits per heavy atom. The lowest BCUT2D eigenvalue weighted by molar-refractivity contribution is -0.127. The van der Waals surface area contributed by atoms with Gasteiger partial charge in [-0.05, 0) is 31.6 Å². The summed E-state index contributed by atoms with van der Waals surface area (Å²) >= 11 is 6.25. The maximum absolute atomic E-state index is 12.8. The molecule has 2 aliphatic heterocycles. The first-order valence-electron chi connectivity index (χ1n) is 9.82. The molecule has 3 aliphatic rings. The normalized spacial score (nSPS) is 40.4. The molecule has 0 aromatic carbocycles. The highest BCUT2D eigenvalue weighted by molar-refractivity contribution is 7.90. The summed E-state index contributed by atoms with van der Waals surface area (Å²) in [6.07, 6.45) is 2.56. The predicted octanol–water partition coefficient (Wildman–Crippen LogP) is 0.783. The number of halogens is 1. The van der Waals surface area contributed by atoms with Gasteiger partial charge in [0.25, 0.3) is 0 Å². The molecule has 0 aromatic heterocycles. The first kappa shape index (κ1) is 21.3. The molecule has 6 atom stereocenters. The van der Waals surface area contributed by atoms with Crippen LogP contribution in [0.25, 0.3) is 0 Å². The maximum atomic E-state index is 12.8. The fourth-order valence-electron chi connectivity index (χ4n) is 4.14. The summed E-state index contributed by atoms with van der Waals surface area (Å²) < 4.78 is 34.3. The van der Waals surface area contributed by atoms with Gasteiger partial charge in [-0.1, -0.05) is 20.3 Å². The number of carbonyl (C=O) groups is 1. The molecular weight excluding hydrogens is 392 g/mol. The van der Waals surface area contributed by atoms with Gasteiger partial charge in [-0.15, -0.1) is 11.6 Å². The summed E-state index contributed by atoms with van der Waals surface area (Å²) in [6, 6.07) is -0.105. The van der Waals surface area contributed by atoms with Crippen LogP contribution in [0, 0.1) is 11.8 Å². The van der Waals surface area contributed by atoms with Crippen molar-refractivity contribution in [2.75, 3.05) is 6.61 Å². The van der Waals surface area contributed by atoms with Gasteiger partial charge < -0.3 is 10.1 Å². The Kier molecular flexibility index (Phi) is 7.02. The van der Waals surface area contributed by atoms with Crippen molar-refractivity contribution >= 4 is 27.5 Å². The van der Waals surface area contributed by atoms with Crippen LogP contribution in [-0.2, 0) is 19.6 Å². The Balaban J connectivity index is 1.83. The second-order valence-corrected chi connectivity index (χ2v) is 10.8.